The van der Waals surface area contributed by atoms with Gasteiger partial charge in [-0.3, -0.25) is 10.2 Å². The average Bonchev–Trinajstić information content (AvgIpc) is 3.32. The van der Waals surface area contributed by atoms with E-state index in [-0.39, 0.29) is 5.82 Å². The number of halogens is 2. The summed E-state index contributed by atoms with van der Waals surface area (Å²) < 4.78 is 30.9. The molecule has 1 aliphatic heterocycles. The third-order valence-electron chi connectivity index (χ3n) is 5.20. The molecule has 0 bridgehead atoms. The maximum absolute atomic E-state index is 14.8. The Hall–Kier alpha value is -3.60. The van der Waals surface area contributed by atoms with E-state index in [9.17, 15) is 13.6 Å². The fourth-order valence-electron chi connectivity index (χ4n) is 3.58. The first-order chi connectivity index (χ1) is 15.5. The van der Waals surface area contributed by atoms with Crippen molar-refractivity contribution in [1.82, 2.24) is 30.0 Å². The standard InChI is InChI=1S/C21H24F2N8O/c1-2-24-21(32)28-20-18(22)15(6-8-25-20)14-29-10-12-30(13-11-29)16-4-5-17(27-19(16)23)31-9-3-7-26-31/h3-9H,2,10-14H2,1H3,(H2,24,25,28,32). The van der Waals surface area contributed by atoms with Gasteiger partial charge in [-0.05, 0) is 31.2 Å². The molecule has 1 fully saturated rings. The number of hydrogen-bond acceptors (Lipinski definition) is 6. The summed E-state index contributed by atoms with van der Waals surface area (Å²) in [6.07, 6.45) is 4.78. The topological polar surface area (TPSA) is 91.2 Å². The van der Waals surface area contributed by atoms with Gasteiger partial charge < -0.3 is 10.2 Å². The third kappa shape index (κ3) is 4.83. The molecular formula is C21H24F2N8O. The third-order valence-corrected chi connectivity index (χ3v) is 5.20. The zero-order valence-corrected chi connectivity index (χ0v) is 17.6. The highest BCUT2D eigenvalue weighted by atomic mass is 19.1. The first kappa shape index (κ1) is 21.6. The number of carbonyl (C=O) groups excluding carboxylic acids is 1. The van der Waals surface area contributed by atoms with Gasteiger partial charge in [-0.2, -0.15) is 14.5 Å². The Morgan fingerprint density at radius 2 is 1.94 bits per heavy atom. The predicted molar refractivity (Wildman–Crippen MR) is 116 cm³/mol. The van der Waals surface area contributed by atoms with E-state index in [0.717, 1.165) is 0 Å². The van der Waals surface area contributed by atoms with Crippen LogP contribution in [0.1, 0.15) is 12.5 Å². The quantitative estimate of drug-likeness (QED) is 0.570. The second-order valence-corrected chi connectivity index (χ2v) is 7.31. The molecule has 4 heterocycles. The Labute approximate surface area is 184 Å². The molecule has 0 unspecified atom stereocenters. The Balaban J connectivity index is 1.37. The Morgan fingerprint density at radius 1 is 1.12 bits per heavy atom. The van der Waals surface area contributed by atoms with Crippen molar-refractivity contribution < 1.29 is 13.6 Å². The predicted octanol–water partition coefficient (Wildman–Crippen LogP) is 2.40. The number of pyridine rings is 2. The number of rotatable bonds is 6. The van der Waals surface area contributed by atoms with Crippen LogP contribution in [0.25, 0.3) is 5.82 Å². The van der Waals surface area contributed by atoms with Crippen LogP contribution in [0.2, 0.25) is 0 Å². The zero-order valence-electron chi connectivity index (χ0n) is 17.6. The minimum atomic E-state index is -0.550. The van der Waals surface area contributed by atoms with Crippen molar-refractivity contribution in [3.05, 3.63) is 60.2 Å². The monoisotopic (exact) mass is 442 g/mol. The number of nitrogens with zero attached hydrogens (tertiary/aromatic N) is 6. The molecule has 3 aromatic heterocycles. The SMILES string of the molecule is CCNC(=O)Nc1nccc(CN2CCN(c3ccc(-n4cccn4)nc3F)CC2)c1F. The van der Waals surface area contributed by atoms with Crippen molar-refractivity contribution in [1.29, 1.82) is 0 Å². The molecule has 0 saturated carbocycles. The van der Waals surface area contributed by atoms with E-state index in [2.05, 4.69) is 30.6 Å². The largest absolute Gasteiger partial charge is 0.365 e. The molecule has 4 rings (SSSR count). The smallest absolute Gasteiger partial charge is 0.320 e. The highest BCUT2D eigenvalue weighted by Gasteiger charge is 2.22. The number of anilines is 2. The summed E-state index contributed by atoms with van der Waals surface area (Å²) in [4.78, 5) is 23.6. The average molecular weight is 442 g/mol. The van der Waals surface area contributed by atoms with Crippen molar-refractivity contribution in [2.45, 2.75) is 13.5 Å². The lowest BCUT2D eigenvalue weighted by molar-refractivity contribution is 0.245. The number of urea groups is 1. The van der Waals surface area contributed by atoms with Gasteiger partial charge in [0.25, 0.3) is 0 Å². The molecule has 2 amide bonds. The lowest BCUT2D eigenvalue weighted by atomic mass is 10.2. The zero-order chi connectivity index (χ0) is 22.5. The van der Waals surface area contributed by atoms with Crippen LogP contribution >= 0.6 is 0 Å². The minimum absolute atomic E-state index is 0.0995. The Morgan fingerprint density at radius 3 is 2.62 bits per heavy atom. The molecule has 0 aliphatic carbocycles. The number of aromatic nitrogens is 4. The molecule has 1 saturated heterocycles. The Bertz CT molecular complexity index is 1070. The molecule has 1 aliphatic rings. The van der Waals surface area contributed by atoms with Gasteiger partial charge >= 0.3 is 6.03 Å². The fraction of sp³-hybridized carbons (Fsp3) is 0.333. The summed E-state index contributed by atoms with van der Waals surface area (Å²) in [7, 11) is 0. The maximum atomic E-state index is 14.8. The van der Waals surface area contributed by atoms with E-state index in [1.165, 1.54) is 10.9 Å². The molecular weight excluding hydrogens is 418 g/mol. The van der Waals surface area contributed by atoms with Gasteiger partial charge in [0.05, 0.1) is 5.69 Å². The molecule has 0 spiro atoms. The maximum Gasteiger partial charge on any atom is 0.320 e. The van der Waals surface area contributed by atoms with Crippen molar-refractivity contribution in [3.8, 4) is 5.82 Å². The molecule has 0 radical (unpaired) electrons. The van der Waals surface area contributed by atoms with E-state index >= 15 is 0 Å². The van der Waals surface area contributed by atoms with Crippen LogP contribution in [0.3, 0.4) is 0 Å². The van der Waals surface area contributed by atoms with E-state index in [1.54, 1.807) is 43.6 Å². The number of amides is 2. The van der Waals surface area contributed by atoms with E-state index in [1.807, 2.05) is 4.90 Å². The number of nitrogens with one attached hydrogen (secondary N) is 2. The number of hydrogen-bond donors (Lipinski definition) is 2. The number of piperazine rings is 1. The fourth-order valence-corrected chi connectivity index (χ4v) is 3.58. The van der Waals surface area contributed by atoms with Crippen LogP contribution in [-0.2, 0) is 6.54 Å². The van der Waals surface area contributed by atoms with Crippen LogP contribution < -0.4 is 15.5 Å². The van der Waals surface area contributed by atoms with Gasteiger partial charge in [-0.15, -0.1) is 0 Å². The van der Waals surface area contributed by atoms with Gasteiger partial charge in [0.2, 0.25) is 5.95 Å². The molecule has 168 valence electrons. The van der Waals surface area contributed by atoms with Crippen molar-refractivity contribution >= 4 is 17.5 Å². The van der Waals surface area contributed by atoms with E-state index < -0.39 is 17.8 Å². The van der Waals surface area contributed by atoms with Crippen molar-refractivity contribution in [2.75, 3.05) is 42.9 Å². The van der Waals surface area contributed by atoms with Crippen molar-refractivity contribution in [3.63, 3.8) is 0 Å². The highest BCUT2D eigenvalue weighted by molar-refractivity contribution is 5.88. The molecule has 32 heavy (non-hydrogen) atoms. The highest BCUT2D eigenvalue weighted by Crippen LogP contribution is 2.22. The molecule has 9 nitrogen and oxygen atoms in total. The lowest BCUT2D eigenvalue weighted by Gasteiger charge is -2.36. The molecule has 0 aromatic carbocycles. The summed E-state index contributed by atoms with van der Waals surface area (Å²) in [6.45, 7) is 4.98. The molecule has 2 N–H and O–H groups in total. The van der Waals surface area contributed by atoms with Crippen LogP contribution in [0.15, 0.2) is 42.9 Å². The van der Waals surface area contributed by atoms with Gasteiger partial charge in [0.15, 0.2) is 17.5 Å². The molecule has 0 atom stereocenters. The summed E-state index contributed by atoms with van der Waals surface area (Å²) in [5.41, 5.74) is 0.876. The van der Waals surface area contributed by atoms with Gasteiger partial charge in [0.1, 0.15) is 0 Å². The normalized spacial score (nSPS) is 14.4. The summed E-state index contributed by atoms with van der Waals surface area (Å²) in [5.74, 6) is -0.782. The van der Waals surface area contributed by atoms with Crippen molar-refractivity contribution in [2.24, 2.45) is 0 Å². The van der Waals surface area contributed by atoms with Crippen LogP contribution in [0.4, 0.5) is 25.1 Å². The second-order valence-electron chi connectivity index (χ2n) is 7.31. The molecule has 11 heteroatoms. The van der Waals surface area contributed by atoms with Gasteiger partial charge in [-0.25, -0.2) is 18.9 Å². The van der Waals surface area contributed by atoms with E-state index in [4.69, 9.17) is 0 Å². The van der Waals surface area contributed by atoms with Gasteiger partial charge in [0, 0.05) is 63.4 Å². The Kier molecular flexibility index (Phi) is 6.55. The lowest BCUT2D eigenvalue weighted by Crippen LogP contribution is -2.46. The van der Waals surface area contributed by atoms with Crippen LogP contribution in [0.5, 0.6) is 0 Å². The van der Waals surface area contributed by atoms with Crippen LogP contribution in [0, 0.1) is 11.8 Å². The molecule has 3 aromatic rings. The second kappa shape index (κ2) is 9.69. The van der Waals surface area contributed by atoms with Crippen LogP contribution in [-0.4, -0.2) is 63.4 Å². The van der Waals surface area contributed by atoms with Gasteiger partial charge in [-0.1, -0.05) is 0 Å². The first-order valence-corrected chi connectivity index (χ1v) is 10.4. The minimum Gasteiger partial charge on any atom is -0.365 e. The first-order valence-electron chi connectivity index (χ1n) is 10.4. The number of carbonyl (C=O) groups is 1. The van der Waals surface area contributed by atoms with E-state index in [0.29, 0.717) is 56.3 Å². The summed E-state index contributed by atoms with van der Waals surface area (Å²) in [6, 6.07) is 6.28. The summed E-state index contributed by atoms with van der Waals surface area (Å²) in [5, 5.41) is 9.03. The summed E-state index contributed by atoms with van der Waals surface area (Å²) >= 11 is 0.